The minimum absolute atomic E-state index is 0.0184. The van der Waals surface area contributed by atoms with Crippen LogP contribution in [0.25, 0.3) is 0 Å². The molecule has 0 heterocycles. The monoisotopic (exact) mass is 140 g/mol. The molecule has 0 aromatic heterocycles. The van der Waals surface area contributed by atoms with Gasteiger partial charge in [-0.1, -0.05) is 0 Å². The lowest BCUT2D eigenvalue weighted by atomic mass is 10.4. The highest BCUT2D eigenvalue weighted by Gasteiger charge is 1.91. The second-order valence-corrected chi connectivity index (χ2v) is 2.14. The van der Waals surface area contributed by atoms with Crippen LogP contribution in [0.2, 0.25) is 0 Å². The summed E-state index contributed by atoms with van der Waals surface area (Å²) in [5, 5.41) is 9.03. The average Bonchev–Trinajstić information content (AvgIpc) is 1.87. The van der Waals surface area contributed by atoms with Crippen molar-refractivity contribution in [1.82, 2.24) is 0 Å². The van der Waals surface area contributed by atoms with Crippen molar-refractivity contribution in [3.63, 3.8) is 0 Å². The summed E-state index contributed by atoms with van der Waals surface area (Å²) in [4.78, 5) is 7.23. The van der Waals surface area contributed by atoms with Gasteiger partial charge in [0.1, 0.15) is 5.84 Å². The molecule has 0 fully saturated rings. The smallest absolute Gasteiger partial charge is 0.211 e. The summed E-state index contributed by atoms with van der Waals surface area (Å²) in [6.45, 7) is 8.48. The molecule has 0 saturated heterocycles. The van der Waals surface area contributed by atoms with Gasteiger partial charge in [0.05, 0.1) is 0 Å². The van der Waals surface area contributed by atoms with E-state index in [1.165, 1.54) is 0 Å². The number of amidine groups is 1. The molecule has 0 rings (SSSR count). The van der Waals surface area contributed by atoms with Gasteiger partial charge in [0.25, 0.3) is 0 Å². The van der Waals surface area contributed by atoms with Crippen molar-refractivity contribution in [3.05, 3.63) is 11.5 Å². The standard InChI is InChI=1S/C7H12N2O/c1-5(2)7(10)9-6(3)8-4/h10H,4H2,1-3H3/b9-6-. The quantitative estimate of drug-likeness (QED) is 0.337. The Morgan fingerprint density at radius 1 is 1.30 bits per heavy atom. The van der Waals surface area contributed by atoms with Gasteiger partial charge in [0.15, 0.2) is 0 Å². The lowest BCUT2D eigenvalue weighted by molar-refractivity contribution is 0.399. The maximum absolute atomic E-state index is 9.03. The molecule has 0 amide bonds. The molecular weight excluding hydrogens is 128 g/mol. The third-order valence-corrected chi connectivity index (χ3v) is 0.944. The summed E-state index contributed by atoms with van der Waals surface area (Å²) < 4.78 is 0. The first kappa shape index (κ1) is 8.88. The molecule has 3 nitrogen and oxygen atoms in total. The normalized spacial score (nSPS) is 10.9. The highest BCUT2D eigenvalue weighted by molar-refractivity contribution is 5.84. The maximum atomic E-state index is 9.03. The molecule has 3 heteroatoms. The third-order valence-electron chi connectivity index (χ3n) is 0.944. The number of nitrogens with zero attached hydrogens (tertiary/aromatic N) is 2. The van der Waals surface area contributed by atoms with Crippen LogP contribution >= 0.6 is 0 Å². The Balaban J connectivity index is 4.42. The van der Waals surface area contributed by atoms with E-state index < -0.39 is 0 Å². The van der Waals surface area contributed by atoms with Crippen LogP contribution in [0.5, 0.6) is 0 Å². The first-order chi connectivity index (χ1) is 4.57. The largest absolute Gasteiger partial charge is 0.493 e. The number of hydrogen-bond donors (Lipinski definition) is 1. The number of aliphatic imine (C=N–C) groups is 2. The molecule has 0 aliphatic heterocycles. The van der Waals surface area contributed by atoms with Crippen molar-refractivity contribution in [2.45, 2.75) is 20.8 Å². The fourth-order valence-corrected chi connectivity index (χ4v) is 0.300. The second-order valence-electron chi connectivity index (χ2n) is 2.14. The van der Waals surface area contributed by atoms with Gasteiger partial charge >= 0.3 is 0 Å². The van der Waals surface area contributed by atoms with Gasteiger partial charge in [-0.15, -0.1) is 0 Å². The van der Waals surface area contributed by atoms with Crippen molar-refractivity contribution in [2.24, 2.45) is 9.98 Å². The zero-order valence-corrected chi connectivity index (χ0v) is 6.55. The first-order valence-corrected chi connectivity index (χ1v) is 2.96. The number of aliphatic hydroxyl groups excluding tert-OH is 1. The Hall–Kier alpha value is -1.12. The van der Waals surface area contributed by atoms with Crippen molar-refractivity contribution >= 4 is 12.6 Å². The van der Waals surface area contributed by atoms with Crippen LogP contribution in [0, 0.1) is 0 Å². The van der Waals surface area contributed by atoms with E-state index in [-0.39, 0.29) is 5.88 Å². The highest BCUT2D eigenvalue weighted by atomic mass is 16.3. The summed E-state index contributed by atoms with van der Waals surface area (Å²) in [6.07, 6.45) is 0. The van der Waals surface area contributed by atoms with Crippen LogP contribution in [0.1, 0.15) is 20.8 Å². The molecule has 0 spiro atoms. The molecule has 10 heavy (non-hydrogen) atoms. The van der Waals surface area contributed by atoms with Gasteiger partial charge in [0, 0.05) is 0 Å². The SMILES string of the molecule is C=N/C(C)=N\C(O)=C(C)C. The lowest BCUT2D eigenvalue weighted by Crippen LogP contribution is -1.87. The molecule has 0 unspecified atom stereocenters. The summed E-state index contributed by atoms with van der Waals surface area (Å²) in [5.41, 5.74) is 0.767. The number of hydrogen-bond acceptors (Lipinski definition) is 2. The summed E-state index contributed by atoms with van der Waals surface area (Å²) in [7, 11) is 0. The van der Waals surface area contributed by atoms with Crippen LogP contribution in [0.4, 0.5) is 0 Å². The molecule has 0 aromatic carbocycles. The Labute approximate surface area is 60.8 Å². The predicted octanol–water partition coefficient (Wildman–Crippen LogP) is 1.91. The zero-order valence-electron chi connectivity index (χ0n) is 6.55. The van der Waals surface area contributed by atoms with E-state index in [1.54, 1.807) is 20.8 Å². The predicted molar refractivity (Wildman–Crippen MR) is 43.7 cm³/mol. The Morgan fingerprint density at radius 3 is 2.10 bits per heavy atom. The van der Waals surface area contributed by atoms with Crippen molar-refractivity contribution in [3.8, 4) is 0 Å². The summed E-state index contributed by atoms with van der Waals surface area (Å²) in [6, 6.07) is 0. The molecule has 0 aliphatic rings. The molecule has 0 bridgehead atoms. The maximum Gasteiger partial charge on any atom is 0.211 e. The molecule has 56 valence electrons. The van der Waals surface area contributed by atoms with Crippen molar-refractivity contribution in [2.75, 3.05) is 0 Å². The number of rotatable bonds is 1. The van der Waals surface area contributed by atoms with Crippen LogP contribution in [-0.2, 0) is 0 Å². The number of aliphatic hydroxyl groups is 1. The first-order valence-electron chi connectivity index (χ1n) is 2.96. The average molecular weight is 140 g/mol. The topological polar surface area (TPSA) is 45.0 Å². The van der Waals surface area contributed by atoms with E-state index in [9.17, 15) is 0 Å². The lowest BCUT2D eigenvalue weighted by Gasteiger charge is -1.93. The molecule has 0 saturated carbocycles. The van der Waals surface area contributed by atoms with Gasteiger partial charge in [-0.05, 0) is 33.1 Å². The van der Waals surface area contributed by atoms with E-state index >= 15 is 0 Å². The Morgan fingerprint density at radius 2 is 1.80 bits per heavy atom. The van der Waals surface area contributed by atoms with Crippen LogP contribution in [0.3, 0.4) is 0 Å². The Kier molecular flexibility index (Phi) is 3.39. The Bertz CT molecular complexity index is 188. The van der Waals surface area contributed by atoms with Crippen LogP contribution < -0.4 is 0 Å². The molecule has 0 aromatic rings. The van der Waals surface area contributed by atoms with Gasteiger partial charge < -0.3 is 5.11 Å². The highest BCUT2D eigenvalue weighted by Crippen LogP contribution is 2.00. The van der Waals surface area contributed by atoms with Gasteiger partial charge in [-0.3, -0.25) is 0 Å². The zero-order chi connectivity index (χ0) is 8.15. The van der Waals surface area contributed by atoms with E-state index in [1.807, 2.05) is 0 Å². The van der Waals surface area contributed by atoms with E-state index in [0.29, 0.717) is 5.84 Å². The van der Waals surface area contributed by atoms with Crippen molar-refractivity contribution in [1.29, 1.82) is 0 Å². The molecule has 1 N–H and O–H groups in total. The number of allylic oxidation sites excluding steroid dienone is 1. The molecule has 0 atom stereocenters. The van der Waals surface area contributed by atoms with Gasteiger partial charge in [0.2, 0.25) is 5.88 Å². The van der Waals surface area contributed by atoms with E-state index in [0.717, 1.165) is 5.57 Å². The van der Waals surface area contributed by atoms with Crippen LogP contribution in [-0.4, -0.2) is 17.7 Å². The van der Waals surface area contributed by atoms with Gasteiger partial charge in [-0.2, -0.15) is 4.99 Å². The summed E-state index contributed by atoms with van der Waals surface area (Å²) >= 11 is 0. The van der Waals surface area contributed by atoms with E-state index in [4.69, 9.17) is 5.11 Å². The fraction of sp³-hybridized carbons (Fsp3) is 0.429. The third kappa shape index (κ3) is 3.02. The van der Waals surface area contributed by atoms with Crippen LogP contribution in [0.15, 0.2) is 21.4 Å². The molecular formula is C7H12N2O. The minimum Gasteiger partial charge on any atom is -0.493 e. The molecule has 0 radical (unpaired) electrons. The summed E-state index contributed by atoms with van der Waals surface area (Å²) in [5.74, 6) is 0.489. The second kappa shape index (κ2) is 3.82. The van der Waals surface area contributed by atoms with Crippen molar-refractivity contribution < 1.29 is 5.11 Å². The van der Waals surface area contributed by atoms with Gasteiger partial charge in [-0.25, -0.2) is 4.99 Å². The fourth-order valence-electron chi connectivity index (χ4n) is 0.300. The van der Waals surface area contributed by atoms with E-state index in [2.05, 4.69) is 16.7 Å². The minimum atomic E-state index is 0.0184. The molecule has 0 aliphatic carbocycles.